The lowest BCUT2D eigenvalue weighted by Crippen LogP contribution is -1.81. The first kappa shape index (κ1) is 6.25. The summed E-state index contributed by atoms with van der Waals surface area (Å²) in [5.74, 6) is 0. The standard InChI is InChI=1S/C6H9PS/c1-2-7-6-4-3-5-8-6/h3-5,7H,2H2,1H3. The van der Waals surface area contributed by atoms with Gasteiger partial charge in [-0.25, -0.2) is 0 Å². The largest absolute Gasteiger partial charge is 0.144 e. The predicted octanol–water partition coefficient (Wildman–Crippen LogP) is 2.07. The third-order valence-corrected chi connectivity index (χ3v) is 3.21. The lowest BCUT2D eigenvalue weighted by molar-refractivity contribution is 1.53. The first-order valence-corrected chi connectivity index (χ1v) is 4.79. The Hall–Kier alpha value is 0.130. The summed E-state index contributed by atoms with van der Waals surface area (Å²) in [5, 5.41) is 2.14. The van der Waals surface area contributed by atoms with Crippen molar-refractivity contribution in [3.8, 4) is 0 Å². The fourth-order valence-electron chi connectivity index (χ4n) is 0.553. The van der Waals surface area contributed by atoms with Crippen LogP contribution >= 0.6 is 19.9 Å². The predicted molar refractivity (Wildman–Crippen MR) is 42.8 cm³/mol. The molecular formula is C6H9PS. The smallest absolute Gasteiger partial charge is 0.0247 e. The average Bonchev–Trinajstić information content (AvgIpc) is 2.19. The molecule has 0 bridgehead atoms. The number of rotatable bonds is 2. The van der Waals surface area contributed by atoms with Gasteiger partial charge in [-0.3, -0.25) is 0 Å². The van der Waals surface area contributed by atoms with Crippen LogP contribution in [0.4, 0.5) is 0 Å². The molecule has 0 N–H and O–H groups in total. The van der Waals surface area contributed by atoms with Crippen molar-refractivity contribution in [2.24, 2.45) is 0 Å². The summed E-state index contributed by atoms with van der Waals surface area (Å²) in [7, 11) is 1.03. The minimum atomic E-state index is 1.03. The molecule has 1 aromatic rings. The van der Waals surface area contributed by atoms with Crippen LogP contribution in [0.25, 0.3) is 0 Å². The van der Waals surface area contributed by atoms with Gasteiger partial charge in [0.25, 0.3) is 0 Å². The molecule has 0 nitrogen and oxygen atoms in total. The molecule has 1 rings (SSSR count). The topological polar surface area (TPSA) is 0 Å². The van der Waals surface area contributed by atoms with Gasteiger partial charge in [-0.1, -0.05) is 21.6 Å². The molecule has 0 radical (unpaired) electrons. The van der Waals surface area contributed by atoms with Crippen molar-refractivity contribution < 1.29 is 0 Å². The average molecular weight is 144 g/mol. The summed E-state index contributed by atoms with van der Waals surface area (Å²) in [4.78, 5) is 0. The first-order valence-electron chi connectivity index (χ1n) is 2.71. The van der Waals surface area contributed by atoms with Crippen LogP contribution in [0.2, 0.25) is 0 Å². The molecule has 2 heteroatoms. The van der Waals surface area contributed by atoms with Crippen LogP contribution in [0.15, 0.2) is 17.5 Å². The zero-order valence-electron chi connectivity index (χ0n) is 4.85. The zero-order valence-corrected chi connectivity index (χ0v) is 6.66. The van der Waals surface area contributed by atoms with Crippen LogP contribution in [0.5, 0.6) is 0 Å². The quantitative estimate of drug-likeness (QED) is 0.557. The maximum absolute atomic E-state index is 2.22. The summed E-state index contributed by atoms with van der Waals surface area (Å²) in [6, 6.07) is 4.31. The third-order valence-electron chi connectivity index (χ3n) is 0.872. The fourth-order valence-corrected chi connectivity index (χ4v) is 2.55. The minimum Gasteiger partial charge on any atom is -0.144 e. The molecule has 44 valence electrons. The van der Waals surface area contributed by atoms with Gasteiger partial charge in [-0.2, -0.15) is 0 Å². The van der Waals surface area contributed by atoms with Crippen LogP contribution in [-0.2, 0) is 0 Å². The highest BCUT2D eigenvalue weighted by Gasteiger charge is 1.86. The molecule has 1 atom stereocenters. The molecule has 0 saturated carbocycles. The monoisotopic (exact) mass is 144 g/mol. The van der Waals surface area contributed by atoms with E-state index in [0.717, 1.165) is 8.58 Å². The Morgan fingerprint density at radius 1 is 1.75 bits per heavy atom. The van der Waals surface area contributed by atoms with Crippen LogP contribution in [0.1, 0.15) is 6.92 Å². The highest BCUT2D eigenvalue weighted by Crippen LogP contribution is 2.11. The van der Waals surface area contributed by atoms with E-state index < -0.39 is 0 Å². The van der Waals surface area contributed by atoms with Crippen LogP contribution in [0.3, 0.4) is 0 Å². The summed E-state index contributed by atoms with van der Waals surface area (Å²) < 4.78 is 1.53. The second-order valence-corrected chi connectivity index (χ2v) is 4.42. The molecule has 0 aliphatic carbocycles. The Bertz CT molecular complexity index is 134. The van der Waals surface area contributed by atoms with Crippen molar-refractivity contribution in [2.45, 2.75) is 6.92 Å². The maximum atomic E-state index is 2.22. The Morgan fingerprint density at radius 2 is 2.62 bits per heavy atom. The van der Waals surface area contributed by atoms with E-state index in [1.165, 1.54) is 10.8 Å². The molecule has 1 aromatic heterocycles. The molecule has 0 spiro atoms. The van der Waals surface area contributed by atoms with Gasteiger partial charge >= 0.3 is 0 Å². The summed E-state index contributed by atoms with van der Waals surface area (Å²) in [5.41, 5.74) is 0. The molecule has 8 heavy (non-hydrogen) atoms. The molecule has 0 fully saturated rings. The van der Waals surface area contributed by atoms with E-state index in [0.29, 0.717) is 0 Å². The van der Waals surface area contributed by atoms with Gasteiger partial charge in [0.1, 0.15) is 0 Å². The van der Waals surface area contributed by atoms with E-state index in [-0.39, 0.29) is 0 Å². The second kappa shape index (κ2) is 3.21. The molecule has 0 saturated heterocycles. The molecule has 0 amide bonds. The normalized spacial score (nSPS) is 11.1. The van der Waals surface area contributed by atoms with E-state index in [1.54, 1.807) is 0 Å². The molecule has 0 aromatic carbocycles. The molecular weight excluding hydrogens is 135 g/mol. The molecule has 1 heterocycles. The van der Waals surface area contributed by atoms with Gasteiger partial charge in [0.05, 0.1) is 0 Å². The second-order valence-electron chi connectivity index (χ2n) is 1.51. The molecule has 0 aliphatic rings. The van der Waals surface area contributed by atoms with Crippen molar-refractivity contribution in [2.75, 3.05) is 6.16 Å². The van der Waals surface area contributed by atoms with E-state index in [2.05, 4.69) is 24.4 Å². The highest BCUT2D eigenvalue weighted by atomic mass is 32.1. The van der Waals surface area contributed by atoms with Crippen LogP contribution < -0.4 is 4.62 Å². The van der Waals surface area contributed by atoms with Gasteiger partial charge in [0.2, 0.25) is 0 Å². The van der Waals surface area contributed by atoms with E-state index in [4.69, 9.17) is 0 Å². The molecule has 1 unspecified atom stereocenters. The van der Waals surface area contributed by atoms with Gasteiger partial charge in [0, 0.05) is 4.62 Å². The zero-order chi connectivity index (χ0) is 5.82. The van der Waals surface area contributed by atoms with Crippen molar-refractivity contribution in [3.63, 3.8) is 0 Å². The summed E-state index contributed by atoms with van der Waals surface area (Å²) in [6.07, 6.45) is 1.29. The van der Waals surface area contributed by atoms with E-state index in [1.807, 2.05) is 11.3 Å². The van der Waals surface area contributed by atoms with Crippen LogP contribution in [0, 0.1) is 0 Å². The molecule has 0 aliphatic heterocycles. The lowest BCUT2D eigenvalue weighted by atomic mass is 10.7. The Kier molecular flexibility index (Phi) is 2.51. The minimum absolute atomic E-state index is 1.03. The van der Waals surface area contributed by atoms with E-state index >= 15 is 0 Å². The fraction of sp³-hybridized carbons (Fsp3) is 0.333. The van der Waals surface area contributed by atoms with Crippen LogP contribution in [-0.4, -0.2) is 6.16 Å². The van der Waals surface area contributed by atoms with E-state index in [9.17, 15) is 0 Å². The highest BCUT2D eigenvalue weighted by molar-refractivity contribution is 7.56. The van der Waals surface area contributed by atoms with Gasteiger partial charge in [-0.15, -0.1) is 11.3 Å². The lowest BCUT2D eigenvalue weighted by Gasteiger charge is -1.86. The Morgan fingerprint density at radius 3 is 3.12 bits per heavy atom. The third kappa shape index (κ3) is 1.57. The number of hydrogen-bond acceptors (Lipinski definition) is 1. The van der Waals surface area contributed by atoms with Crippen molar-refractivity contribution in [3.05, 3.63) is 17.5 Å². The SMILES string of the molecule is CCPc1cccs1. The Balaban J connectivity index is 2.50. The van der Waals surface area contributed by atoms with Crippen molar-refractivity contribution in [1.29, 1.82) is 0 Å². The first-order chi connectivity index (χ1) is 3.93. The van der Waals surface area contributed by atoms with Crippen molar-refractivity contribution >= 4 is 24.5 Å². The van der Waals surface area contributed by atoms with Gasteiger partial charge in [0.15, 0.2) is 0 Å². The van der Waals surface area contributed by atoms with Gasteiger partial charge in [-0.05, 0) is 17.6 Å². The summed E-state index contributed by atoms with van der Waals surface area (Å²) >= 11 is 1.86. The number of hydrogen-bond donors (Lipinski definition) is 0. The summed E-state index contributed by atoms with van der Waals surface area (Å²) in [6.45, 7) is 2.22. The van der Waals surface area contributed by atoms with Crippen molar-refractivity contribution in [1.82, 2.24) is 0 Å². The van der Waals surface area contributed by atoms with Gasteiger partial charge < -0.3 is 0 Å². The Labute approximate surface area is 55.7 Å². The number of thiophene rings is 1. The maximum Gasteiger partial charge on any atom is 0.0247 e.